The van der Waals surface area contributed by atoms with Crippen LogP contribution in [0.3, 0.4) is 0 Å². The van der Waals surface area contributed by atoms with Gasteiger partial charge < -0.3 is 10.2 Å². The fraction of sp³-hybridized carbons (Fsp3) is 0.200. The lowest BCUT2D eigenvalue weighted by atomic mass is 10.0. The molecule has 0 aliphatic rings. The van der Waals surface area contributed by atoms with Crippen LogP contribution in [-0.2, 0) is 6.42 Å². The van der Waals surface area contributed by atoms with Gasteiger partial charge in [-0.15, -0.1) is 0 Å². The number of aromatic nitrogens is 2. The van der Waals surface area contributed by atoms with Gasteiger partial charge in [0.15, 0.2) is 0 Å². The Bertz CT molecular complexity index is 851. The maximum Gasteiger partial charge on any atom is 0.258 e. The average molecular weight is 400 g/mol. The first-order valence-electron chi connectivity index (χ1n) is 6.68. The summed E-state index contributed by atoms with van der Waals surface area (Å²) >= 11 is 4.79. The van der Waals surface area contributed by atoms with Crippen LogP contribution in [0.1, 0.15) is 17.3 Å². The summed E-state index contributed by atoms with van der Waals surface area (Å²) < 4.78 is 32.7. The van der Waals surface area contributed by atoms with Crippen LogP contribution in [0.25, 0.3) is 11.2 Å². The van der Waals surface area contributed by atoms with Gasteiger partial charge in [-0.2, -0.15) is 0 Å². The molecule has 0 bridgehead atoms. The van der Waals surface area contributed by atoms with Crippen LogP contribution in [0.5, 0.6) is 0 Å². The molecular formula is C15H12BrF2N3OS. The monoisotopic (exact) mass is 399 g/mol. The summed E-state index contributed by atoms with van der Waals surface area (Å²) in [6, 6.07) is 4.57. The van der Waals surface area contributed by atoms with Crippen molar-refractivity contribution in [1.29, 1.82) is 0 Å². The summed E-state index contributed by atoms with van der Waals surface area (Å²) in [5.41, 5.74) is 8.17. The van der Waals surface area contributed by atoms with Gasteiger partial charge in [0.1, 0.15) is 17.2 Å². The first-order chi connectivity index (χ1) is 11.0. The van der Waals surface area contributed by atoms with Crippen LogP contribution in [-0.4, -0.2) is 16.2 Å². The quantitative estimate of drug-likeness (QED) is 0.665. The molecule has 4 nitrogen and oxygen atoms in total. The number of halogens is 3. The Labute approximate surface area is 143 Å². The molecule has 3 rings (SSSR count). The number of pyridine rings is 1. The molecule has 1 atom stereocenters. The number of hydrogen-bond donors (Lipinski definition) is 1. The summed E-state index contributed by atoms with van der Waals surface area (Å²) in [5.74, 6) is -1.26. The van der Waals surface area contributed by atoms with Gasteiger partial charge in [0.25, 0.3) is 5.22 Å². The standard InChI is InChI=1S/C15H12BrF2N3OS/c1-23-15-20-12-6-10(16)13(21-14(12)22-15)11(19)4-7-2-8(17)5-9(18)3-7/h2-3,5-6,11H,4,19H2,1H3. The molecule has 0 saturated carbocycles. The van der Waals surface area contributed by atoms with E-state index in [0.29, 0.717) is 32.2 Å². The highest BCUT2D eigenvalue weighted by atomic mass is 79.9. The van der Waals surface area contributed by atoms with Crippen LogP contribution in [0.15, 0.2) is 38.4 Å². The van der Waals surface area contributed by atoms with Crippen molar-refractivity contribution in [2.45, 2.75) is 17.7 Å². The Kier molecular flexibility index (Phi) is 4.65. The Morgan fingerprint density at radius 2 is 1.91 bits per heavy atom. The molecule has 0 fully saturated rings. The zero-order chi connectivity index (χ0) is 16.6. The zero-order valence-corrected chi connectivity index (χ0v) is 14.4. The summed E-state index contributed by atoms with van der Waals surface area (Å²) in [6.07, 6.45) is 2.10. The maximum atomic E-state index is 13.3. The zero-order valence-electron chi connectivity index (χ0n) is 12.0. The van der Waals surface area contributed by atoms with E-state index < -0.39 is 17.7 Å². The van der Waals surface area contributed by atoms with Crippen molar-refractivity contribution >= 4 is 38.9 Å². The van der Waals surface area contributed by atoms with Gasteiger partial charge >= 0.3 is 0 Å². The van der Waals surface area contributed by atoms with E-state index in [9.17, 15) is 8.78 Å². The number of thioether (sulfide) groups is 1. The predicted octanol–water partition coefficient (Wildman–Crippen LogP) is 4.23. The van der Waals surface area contributed by atoms with Crippen LogP contribution in [0.4, 0.5) is 8.78 Å². The van der Waals surface area contributed by atoms with Crippen molar-refractivity contribution in [2.24, 2.45) is 5.73 Å². The molecule has 0 spiro atoms. The van der Waals surface area contributed by atoms with Gasteiger partial charge in [0.2, 0.25) is 5.71 Å². The van der Waals surface area contributed by atoms with Gasteiger partial charge in [-0.1, -0.05) is 11.8 Å². The van der Waals surface area contributed by atoms with E-state index in [4.69, 9.17) is 10.2 Å². The number of oxazole rings is 1. The molecule has 2 N–H and O–H groups in total. The van der Waals surface area contributed by atoms with Crippen LogP contribution in [0.2, 0.25) is 0 Å². The van der Waals surface area contributed by atoms with Crippen molar-refractivity contribution in [3.05, 3.63) is 51.6 Å². The number of nitrogens with two attached hydrogens (primary N) is 1. The molecule has 1 aromatic carbocycles. The number of rotatable bonds is 4. The second-order valence-electron chi connectivity index (χ2n) is 4.95. The molecule has 0 aliphatic heterocycles. The topological polar surface area (TPSA) is 64.9 Å². The number of nitrogens with zero attached hydrogens (tertiary/aromatic N) is 2. The van der Waals surface area contributed by atoms with Gasteiger partial charge in [-0.05, 0) is 52.4 Å². The summed E-state index contributed by atoms with van der Waals surface area (Å²) in [4.78, 5) is 8.65. The van der Waals surface area contributed by atoms with Crippen molar-refractivity contribution in [3.63, 3.8) is 0 Å². The summed E-state index contributed by atoms with van der Waals surface area (Å²) in [7, 11) is 0. The van der Waals surface area contributed by atoms with Crippen molar-refractivity contribution in [3.8, 4) is 0 Å². The Morgan fingerprint density at radius 3 is 2.57 bits per heavy atom. The fourth-order valence-electron chi connectivity index (χ4n) is 2.26. The van der Waals surface area contributed by atoms with E-state index in [2.05, 4.69) is 25.9 Å². The lowest BCUT2D eigenvalue weighted by molar-refractivity contribution is 0.480. The van der Waals surface area contributed by atoms with E-state index >= 15 is 0 Å². The van der Waals surface area contributed by atoms with E-state index in [0.717, 1.165) is 6.07 Å². The number of fused-ring (bicyclic) bond motifs is 1. The number of hydrogen-bond acceptors (Lipinski definition) is 5. The van der Waals surface area contributed by atoms with E-state index in [1.807, 2.05) is 6.26 Å². The molecule has 0 saturated heterocycles. The van der Waals surface area contributed by atoms with Gasteiger partial charge in [-0.3, -0.25) is 0 Å². The molecule has 3 aromatic rings. The Balaban J connectivity index is 1.93. The predicted molar refractivity (Wildman–Crippen MR) is 88.3 cm³/mol. The van der Waals surface area contributed by atoms with Crippen molar-refractivity contribution < 1.29 is 13.2 Å². The van der Waals surface area contributed by atoms with E-state index in [-0.39, 0.29) is 6.42 Å². The summed E-state index contributed by atoms with van der Waals surface area (Å²) in [5, 5.41) is 0.511. The third kappa shape index (κ3) is 3.54. The molecule has 2 aromatic heterocycles. The smallest absolute Gasteiger partial charge is 0.258 e. The highest BCUT2D eigenvalue weighted by Crippen LogP contribution is 2.29. The summed E-state index contributed by atoms with van der Waals surface area (Å²) in [6.45, 7) is 0. The average Bonchev–Trinajstić information content (AvgIpc) is 2.87. The first kappa shape index (κ1) is 16.4. The van der Waals surface area contributed by atoms with Crippen LogP contribution in [0, 0.1) is 11.6 Å². The maximum absolute atomic E-state index is 13.3. The molecule has 1 unspecified atom stereocenters. The second-order valence-corrected chi connectivity index (χ2v) is 6.56. The largest absolute Gasteiger partial charge is 0.412 e. The van der Waals surface area contributed by atoms with E-state index in [1.165, 1.54) is 23.9 Å². The minimum Gasteiger partial charge on any atom is -0.412 e. The molecule has 2 heterocycles. The molecular weight excluding hydrogens is 388 g/mol. The fourth-order valence-corrected chi connectivity index (χ4v) is 3.21. The lowest BCUT2D eigenvalue weighted by Gasteiger charge is -2.13. The first-order valence-corrected chi connectivity index (χ1v) is 8.69. The van der Waals surface area contributed by atoms with E-state index in [1.54, 1.807) is 6.07 Å². The highest BCUT2D eigenvalue weighted by molar-refractivity contribution is 9.10. The minimum absolute atomic E-state index is 0.245. The SMILES string of the molecule is CSc1nc2cc(Br)c(C(N)Cc3cc(F)cc(F)c3)nc2o1. The van der Waals surface area contributed by atoms with Gasteiger partial charge in [0.05, 0.1) is 11.7 Å². The normalized spacial score (nSPS) is 12.7. The van der Waals surface area contributed by atoms with Crippen molar-refractivity contribution in [1.82, 2.24) is 9.97 Å². The molecule has 23 heavy (non-hydrogen) atoms. The van der Waals surface area contributed by atoms with Crippen molar-refractivity contribution in [2.75, 3.05) is 6.26 Å². The second kappa shape index (κ2) is 6.54. The lowest BCUT2D eigenvalue weighted by Crippen LogP contribution is -2.16. The van der Waals surface area contributed by atoms with Crippen LogP contribution < -0.4 is 5.73 Å². The Hall–Kier alpha value is -1.51. The molecule has 0 aliphatic carbocycles. The number of benzene rings is 1. The minimum atomic E-state index is -0.630. The highest BCUT2D eigenvalue weighted by Gasteiger charge is 2.17. The third-order valence-corrected chi connectivity index (χ3v) is 4.41. The molecule has 0 radical (unpaired) electrons. The molecule has 8 heteroatoms. The van der Waals surface area contributed by atoms with Crippen LogP contribution >= 0.6 is 27.7 Å². The molecule has 0 amide bonds. The third-order valence-electron chi connectivity index (χ3n) is 3.25. The van der Waals surface area contributed by atoms with Gasteiger partial charge in [0, 0.05) is 10.5 Å². The van der Waals surface area contributed by atoms with Gasteiger partial charge in [-0.25, -0.2) is 18.7 Å². The molecule has 120 valence electrons. The Morgan fingerprint density at radius 1 is 1.22 bits per heavy atom.